The van der Waals surface area contributed by atoms with Crippen LogP contribution in [0.3, 0.4) is 0 Å². The van der Waals surface area contributed by atoms with Crippen LogP contribution in [0.5, 0.6) is 5.88 Å². The maximum Gasteiger partial charge on any atom is 0.213 e. The molecule has 78 valence electrons. The van der Waals surface area contributed by atoms with E-state index in [-0.39, 0.29) is 0 Å². The number of rotatable bonds is 2. The molecule has 3 nitrogen and oxygen atoms in total. The van der Waals surface area contributed by atoms with Crippen molar-refractivity contribution in [3.63, 3.8) is 0 Å². The Kier molecular flexibility index (Phi) is 2.56. The van der Waals surface area contributed by atoms with Gasteiger partial charge in [0.05, 0.1) is 18.7 Å². The highest BCUT2D eigenvalue weighted by molar-refractivity contribution is 5.83. The first-order valence-corrected chi connectivity index (χ1v) is 4.84. The number of fused-ring (bicyclic) bond motifs is 1. The van der Waals surface area contributed by atoms with Crippen molar-refractivity contribution < 1.29 is 9.84 Å². The summed E-state index contributed by atoms with van der Waals surface area (Å²) < 4.78 is 5.09. The third kappa shape index (κ3) is 1.78. The lowest BCUT2D eigenvalue weighted by Crippen LogP contribution is -1.97. The highest BCUT2D eigenvalue weighted by Crippen LogP contribution is 2.26. The van der Waals surface area contributed by atoms with E-state index in [0.717, 1.165) is 16.5 Å². The van der Waals surface area contributed by atoms with Crippen molar-refractivity contribution in [3.8, 4) is 5.88 Å². The quantitative estimate of drug-likeness (QED) is 0.814. The first-order valence-electron chi connectivity index (χ1n) is 4.84. The highest BCUT2D eigenvalue weighted by Gasteiger charge is 2.09. The van der Waals surface area contributed by atoms with Gasteiger partial charge in [0, 0.05) is 11.5 Å². The SMILES string of the molecule is COc1cc(C(C)O)c2ccccc2n1. The van der Waals surface area contributed by atoms with E-state index >= 15 is 0 Å². The van der Waals surface area contributed by atoms with Crippen molar-refractivity contribution in [1.82, 2.24) is 4.98 Å². The van der Waals surface area contributed by atoms with Crippen LogP contribution in [0.4, 0.5) is 0 Å². The van der Waals surface area contributed by atoms with Gasteiger partial charge in [-0.3, -0.25) is 0 Å². The Morgan fingerprint density at radius 2 is 2.07 bits per heavy atom. The van der Waals surface area contributed by atoms with E-state index < -0.39 is 6.10 Å². The van der Waals surface area contributed by atoms with E-state index in [2.05, 4.69) is 4.98 Å². The number of aliphatic hydroxyl groups is 1. The molecule has 1 heterocycles. The van der Waals surface area contributed by atoms with Crippen molar-refractivity contribution >= 4 is 10.9 Å². The number of pyridine rings is 1. The summed E-state index contributed by atoms with van der Waals surface area (Å²) in [4.78, 5) is 4.30. The fourth-order valence-corrected chi connectivity index (χ4v) is 1.63. The summed E-state index contributed by atoms with van der Waals surface area (Å²) in [6.45, 7) is 1.74. The second-order valence-electron chi connectivity index (χ2n) is 3.45. The van der Waals surface area contributed by atoms with Gasteiger partial charge in [-0.15, -0.1) is 0 Å². The molecular formula is C12H13NO2. The Balaban J connectivity index is 2.74. The van der Waals surface area contributed by atoms with Gasteiger partial charge in [-0.25, -0.2) is 4.98 Å². The van der Waals surface area contributed by atoms with Crippen LogP contribution < -0.4 is 4.74 Å². The first-order chi connectivity index (χ1) is 7.22. The smallest absolute Gasteiger partial charge is 0.213 e. The summed E-state index contributed by atoms with van der Waals surface area (Å²) in [6, 6.07) is 9.48. The number of methoxy groups -OCH3 is 1. The molecule has 0 amide bonds. The van der Waals surface area contributed by atoms with Crippen molar-refractivity contribution in [2.75, 3.05) is 7.11 Å². The van der Waals surface area contributed by atoms with E-state index in [0.29, 0.717) is 5.88 Å². The number of aliphatic hydroxyl groups excluding tert-OH is 1. The van der Waals surface area contributed by atoms with Gasteiger partial charge >= 0.3 is 0 Å². The predicted molar refractivity (Wildman–Crippen MR) is 58.9 cm³/mol. The summed E-state index contributed by atoms with van der Waals surface area (Å²) >= 11 is 0. The third-order valence-electron chi connectivity index (χ3n) is 2.38. The van der Waals surface area contributed by atoms with Crippen LogP contribution in [0.2, 0.25) is 0 Å². The van der Waals surface area contributed by atoms with Crippen LogP contribution in [-0.4, -0.2) is 17.2 Å². The molecule has 1 atom stereocenters. The fraction of sp³-hybridized carbons (Fsp3) is 0.250. The fourth-order valence-electron chi connectivity index (χ4n) is 1.63. The minimum Gasteiger partial charge on any atom is -0.481 e. The number of nitrogens with zero attached hydrogens (tertiary/aromatic N) is 1. The Bertz CT molecular complexity index is 480. The zero-order valence-corrected chi connectivity index (χ0v) is 8.77. The van der Waals surface area contributed by atoms with Gasteiger partial charge in [0.1, 0.15) is 0 Å². The summed E-state index contributed by atoms with van der Waals surface area (Å²) in [7, 11) is 1.57. The maximum atomic E-state index is 9.66. The maximum absolute atomic E-state index is 9.66. The van der Waals surface area contributed by atoms with Crippen LogP contribution in [0.15, 0.2) is 30.3 Å². The van der Waals surface area contributed by atoms with Crippen molar-refractivity contribution in [2.24, 2.45) is 0 Å². The largest absolute Gasteiger partial charge is 0.481 e. The molecule has 0 aliphatic carbocycles. The van der Waals surface area contributed by atoms with Crippen molar-refractivity contribution in [3.05, 3.63) is 35.9 Å². The lowest BCUT2D eigenvalue weighted by atomic mass is 10.1. The Morgan fingerprint density at radius 3 is 2.73 bits per heavy atom. The molecule has 2 aromatic rings. The van der Waals surface area contributed by atoms with E-state index in [9.17, 15) is 5.11 Å². The minimum atomic E-state index is -0.521. The molecule has 0 aliphatic heterocycles. The van der Waals surface area contributed by atoms with E-state index in [1.807, 2.05) is 24.3 Å². The second-order valence-corrected chi connectivity index (χ2v) is 3.45. The van der Waals surface area contributed by atoms with Crippen molar-refractivity contribution in [2.45, 2.75) is 13.0 Å². The summed E-state index contributed by atoms with van der Waals surface area (Å²) in [5.41, 5.74) is 1.69. The first kappa shape index (κ1) is 9.93. The standard InChI is InChI=1S/C12H13NO2/c1-8(14)10-7-12(15-2)13-11-6-4-3-5-9(10)11/h3-8,14H,1-2H3. The Labute approximate surface area is 88.3 Å². The van der Waals surface area contributed by atoms with Gasteiger partial charge in [-0.05, 0) is 18.6 Å². The Hall–Kier alpha value is -1.61. The molecule has 1 unspecified atom stereocenters. The van der Waals surface area contributed by atoms with Crippen LogP contribution in [-0.2, 0) is 0 Å². The molecule has 0 aliphatic rings. The molecule has 0 bridgehead atoms. The van der Waals surface area contributed by atoms with Gasteiger partial charge in [0.25, 0.3) is 0 Å². The normalized spacial score (nSPS) is 12.7. The molecule has 0 fully saturated rings. The molecular weight excluding hydrogens is 190 g/mol. The number of ether oxygens (including phenoxy) is 1. The summed E-state index contributed by atoms with van der Waals surface area (Å²) in [6.07, 6.45) is -0.521. The molecule has 0 radical (unpaired) electrons. The van der Waals surface area contributed by atoms with Crippen LogP contribution >= 0.6 is 0 Å². The molecule has 1 aromatic heterocycles. The summed E-state index contributed by atoms with van der Waals surface area (Å²) in [5.74, 6) is 0.532. The average molecular weight is 203 g/mol. The molecule has 3 heteroatoms. The second kappa shape index (κ2) is 3.87. The van der Waals surface area contributed by atoms with E-state index in [4.69, 9.17) is 4.74 Å². The van der Waals surface area contributed by atoms with Crippen molar-refractivity contribution in [1.29, 1.82) is 0 Å². The molecule has 1 aromatic carbocycles. The monoisotopic (exact) mass is 203 g/mol. The number of benzene rings is 1. The number of hydrogen-bond donors (Lipinski definition) is 1. The lowest BCUT2D eigenvalue weighted by Gasteiger charge is -2.10. The topological polar surface area (TPSA) is 42.4 Å². The molecule has 15 heavy (non-hydrogen) atoms. The average Bonchev–Trinajstić information content (AvgIpc) is 2.27. The number of hydrogen-bond acceptors (Lipinski definition) is 3. The van der Waals surface area contributed by atoms with E-state index in [1.165, 1.54) is 0 Å². The summed E-state index contributed by atoms with van der Waals surface area (Å²) in [5, 5.41) is 10.6. The third-order valence-corrected chi connectivity index (χ3v) is 2.38. The van der Waals surface area contributed by atoms with Gasteiger partial charge < -0.3 is 9.84 Å². The zero-order chi connectivity index (χ0) is 10.8. The highest BCUT2D eigenvalue weighted by atomic mass is 16.5. The molecule has 2 rings (SSSR count). The van der Waals surface area contributed by atoms with Gasteiger partial charge in [0.15, 0.2) is 0 Å². The van der Waals surface area contributed by atoms with Crippen LogP contribution in [0.25, 0.3) is 10.9 Å². The Morgan fingerprint density at radius 1 is 1.33 bits per heavy atom. The molecule has 0 saturated heterocycles. The predicted octanol–water partition coefficient (Wildman–Crippen LogP) is 2.30. The van der Waals surface area contributed by atoms with Crippen LogP contribution in [0, 0.1) is 0 Å². The molecule has 0 spiro atoms. The van der Waals surface area contributed by atoms with Crippen LogP contribution in [0.1, 0.15) is 18.6 Å². The number of para-hydroxylation sites is 1. The van der Waals surface area contributed by atoms with E-state index in [1.54, 1.807) is 20.1 Å². The lowest BCUT2D eigenvalue weighted by molar-refractivity contribution is 0.200. The minimum absolute atomic E-state index is 0.521. The van der Waals surface area contributed by atoms with Gasteiger partial charge in [0.2, 0.25) is 5.88 Å². The molecule has 1 N–H and O–H groups in total. The van der Waals surface area contributed by atoms with Gasteiger partial charge in [-0.1, -0.05) is 18.2 Å². The zero-order valence-electron chi connectivity index (χ0n) is 8.77. The van der Waals surface area contributed by atoms with Gasteiger partial charge in [-0.2, -0.15) is 0 Å². The molecule has 0 saturated carbocycles. The number of aromatic nitrogens is 1.